The van der Waals surface area contributed by atoms with Crippen molar-refractivity contribution in [2.24, 2.45) is 0 Å². The molecular formula is C38H29N3. The second-order valence-corrected chi connectivity index (χ2v) is 12.0. The van der Waals surface area contributed by atoms with Crippen molar-refractivity contribution in [3.8, 4) is 33.6 Å². The summed E-state index contributed by atoms with van der Waals surface area (Å²) < 4.78 is 2.10. The van der Waals surface area contributed by atoms with Crippen molar-refractivity contribution in [2.75, 3.05) is 0 Å². The number of hydrogen-bond acceptors (Lipinski definition) is 2. The smallest absolute Gasteiger partial charge is 0.137 e. The fraction of sp³-hybridized carbons (Fsp3) is 0.105. The Labute approximate surface area is 239 Å². The number of pyridine rings is 2. The molecule has 0 saturated heterocycles. The van der Waals surface area contributed by atoms with Gasteiger partial charge >= 0.3 is 0 Å². The van der Waals surface area contributed by atoms with Crippen LogP contribution < -0.4 is 0 Å². The summed E-state index contributed by atoms with van der Waals surface area (Å²) in [5.41, 5.74) is 9.01. The van der Waals surface area contributed by atoms with Gasteiger partial charge in [-0.3, -0.25) is 4.98 Å². The van der Waals surface area contributed by atoms with Gasteiger partial charge < -0.3 is 4.40 Å². The van der Waals surface area contributed by atoms with E-state index in [9.17, 15) is 0 Å². The lowest BCUT2D eigenvalue weighted by molar-refractivity contribution is 0.591. The lowest BCUT2D eigenvalue weighted by Gasteiger charge is -2.22. The number of aromatic nitrogens is 3. The quantitative estimate of drug-likeness (QED) is 0.214. The van der Waals surface area contributed by atoms with Crippen LogP contribution in [0, 0.1) is 0 Å². The van der Waals surface area contributed by atoms with Gasteiger partial charge in [-0.05, 0) is 84.8 Å². The maximum Gasteiger partial charge on any atom is 0.137 e. The highest BCUT2D eigenvalue weighted by Crippen LogP contribution is 2.45. The van der Waals surface area contributed by atoms with Gasteiger partial charge in [0.25, 0.3) is 0 Å². The highest BCUT2D eigenvalue weighted by molar-refractivity contribution is 6.28. The third-order valence-corrected chi connectivity index (χ3v) is 8.38. The molecule has 8 aromatic rings. The van der Waals surface area contributed by atoms with Crippen LogP contribution in [0.15, 0.2) is 122 Å². The molecule has 3 heterocycles. The first-order valence-corrected chi connectivity index (χ1v) is 14.2. The van der Waals surface area contributed by atoms with E-state index in [0.29, 0.717) is 0 Å². The lowest BCUT2D eigenvalue weighted by atomic mass is 9.82. The molecule has 0 aliphatic heterocycles. The number of imidazole rings is 1. The molecule has 0 saturated carbocycles. The summed E-state index contributed by atoms with van der Waals surface area (Å²) in [5.74, 6) is 0. The van der Waals surface area contributed by atoms with E-state index >= 15 is 0 Å². The summed E-state index contributed by atoms with van der Waals surface area (Å²) in [5, 5.41) is 7.70. The third kappa shape index (κ3) is 3.81. The van der Waals surface area contributed by atoms with E-state index in [4.69, 9.17) is 4.98 Å². The monoisotopic (exact) mass is 527 g/mol. The number of rotatable bonds is 3. The molecule has 0 radical (unpaired) electrons. The topological polar surface area (TPSA) is 30.2 Å². The zero-order valence-electron chi connectivity index (χ0n) is 23.4. The molecule has 0 amide bonds. The maximum absolute atomic E-state index is 5.05. The molecule has 5 aromatic carbocycles. The molecular weight excluding hydrogens is 498 g/mol. The molecule has 0 aliphatic carbocycles. The maximum atomic E-state index is 5.05. The van der Waals surface area contributed by atoms with Crippen LogP contribution in [-0.4, -0.2) is 14.4 Å². The minimum absolute atomic E-state index is 0.0761. The fourth-order valence-electron chi connectivity index (χ4n) is 6.22. The standard InChI is InChI=1S/C38H29N3/c1-38(2,3)28-20-26-14-16-29-31(24-10-12-25(13-11-24)33-8-4-6-18-39-33)22-32(30-17-15-27(21-28)36(26)37(29)30)34-23-41-19-7-5-9-35(41)40-34/h4-23H,1-3H3. The van der Waals surface area contributed by atoms with E-state index in [0.717, 1.165) is 28.2 Å². The van der Waals surface area contributed by atoms with Crippen molar-refractivity contribution < 1.29 is 0 Å². The summed E-state index contributed by atoms with van der Waals surface area (Å²) >= 11 is 0. The summed E-state index contributed by atoms with van der Waals surface area (Å²) in [6.07, 6.45) is 6.05. The molecule has 0 atom stereocenters. The molecule has 0 N–H and O–H groups in total. The molecule has 3 aromatic heterocycles. The SMILES string of the molecule is CC(C)(C)c1cc2ccc3c(-c4ccc(-c5ccccn5)cc4)cc(-c4cn5ccccc5n4)c4ccc(c1)c2c34. The van der Waals surface area contributed by atoms with Gasteiger partial charge in [0.15, 0.2) is 0 Å². The summed E-state index contributed by atoms with van der Waals surface area (Å²) in [6, 6.07) is 37.3. The highest BCUT2D eigenvalue weighted by Gasteiger charge is 2.21. The normalized spacial score (nSPS) is 12.3. The van der Waals surface area contributed by atoms with Gasteiger partial charge in [0.2, 0.25) is 0 Å². The Morgan fingerprint density at radius 1 is 0.610 bits per heavy atom. The predicted octanol–water partition coefficient (Wildman–Crippen LogP) is 9.93. The third-order valence-electron chi connectivity index (χ3n) is 8.38. The minimum Gasteiger partial charge on any atom is -0.306 e. The number of benzene rings is 5. The first-order chi connectivity index (χ1) is 19.9. The fourth-order valence-corrected chi connectivity index (χ4v) is 6.22. The molecule has 41 heavy (non-hydrogen) atoms. The van der Waals surface area contributed by atoms with Crippen LogP contribution in [0.4, 0.5) is 0 Å². The van der Waals surface area contributed by atoms with Gasteiger partial charge in [-0.2, -0.15) is 0 Å². The van der Waals surface area contributed by atoms with E-state index in [-0.39, 0.29) is 5.41 Å². The van der Waals surface area contributed by atoms with Crippen molar-refractivity contribution in [1.29, 1.82) is 0 Å². The van der Waals surface area contributed by atoms with Gasteiger partial charge in [0, 0.05) is 29.7 Å². The van der Waals surface area contributed by atoms with E-state index in [1.165, 1.54) is 49.0 Å². The highest BCUT2D eigenvalue weighted by atomic mass is 15.0. The van der Waals surface area contributed by atoms with Gasteiger partial charge in [-0.1, -0.05) is 93.6 Å². The molecule has 0 unspecified atom stereocenters. The van der Waals surface area contributed by atoms with Gasteiger partial charge in [0.05, 0.1) is 11.4 Å². The van der Waals surface area contributed by atoms with Crippen molar-refractivity contribution in [3.63, 3.8) is 0 Å². The van der Waals surface area contributed by atoms with Gasteiger partial charge in [-0.25, -0.2) is 4.98 Å². The predicted molar refractivity (Wildman–Crippen MR) is 172 cm³/mol. The van der Waals surface area contributed by atoms with Gasteiger partial charge in [0.1, 0.15) is 5.65 Å². The van der Waals surface area contributed by atoms with Crippen LogP contribution in [-0.2, 0) is 5.41 Å². The Morgan fingerprint density at radius 2 is 1.32 bits per heavy atom. The summed E-state index contributed by atoms with van der Waals surface area (Å²) in [7, 11) is 0. The van der Waals surface area contributed by atoms with Crippen LogP contribution >= 0.6 is 0 Å². The average Bonchev–Trinajstić information content (AvgIpc) is 3.44. The first kappa shape index (κ1) is 23.8. The summed E-state index contributed by atoms with van der Waals surface area (Å²) in [6.45, 7) is 6.86. The molecule has 3 nitrogen and oxygen atoms in total. The summed E-state index contributed by atoms with van der Waals surface area (Å²) in [4.78, 5) is 9.60. The van der Waals surface area contributed by atoms with Crippen LogP contribution in [0.1, 0.15) is 26.3 Å². The van der Waals surface area contributed by atoms with Gasteiger partial charge in [-0.15, -0.1) is 0 Å². The van der Waals surface area contributed by atoms with E-state index in [1.54, 1.807) is 0 Å². The zero-order chi connectivity index (χ0) is 27.7. The Hall–Kier alpha value is -5.02. The Balaban J connectivity index is 1.43. The average molecular weight is 528 g/mol. The van der Waals surface area contributed by atoms with E-state index in [1.807, 2.05) is 30.5 Å². The molecule has 8 rings (SSSR count). The zero-order valence-corrected chi connectivity index (χ0v) is 23.4. The van der Waals surface area contributed by atoms with Crippen molar-refractivity contribution >= 4 is 38.0 Å². The minimum atomic E-state index is 0.0761. The van der Waals surface area contributed by atoms with Crippen molar-refractivity contribution in [3.05, 3.63) is 127 Å². The molecule has 0 aliphatic rings. The molecule has 0 spiro atoms. The first-order valence-electron chi connectivity index (χ1n) is 14.2. The Kier molecular flexibility index (Phi) is 5.08. The lowest BCUT2D eigenvalue weighted by Crippen LogP contribution is -2.10. The van der Waals surface area contributed by atoms with Crippen LogP contribution in [0.2, 0.25) is 0 Å². The number of nitrogens with zero attached hydrogens (tertiary/aromatic N) is 3. The van der Waals surface area contributed by atoms with Crippen LogP contribution in [0.3, 0.4) is 0 Å². The van der Waals surface area contributed by atoms with E-state index in [2.05, 4.69) is 121 Å². The Bertz CT molecular complexity index is 2160. The van der Waals surface area contributed by atoms with Crippen LogP contribution in [0.25, 0.3) is 71.6 Å². The number of fused-ring (bicyclic) bond motifs is 1. The molecule has 3 heteroatoms. The molecule has 0 fully saturated rings. The second-order valence-electron chi connectivity index (χ2n) is 12.0. The van der Waals surface area contributed by atoms with Crippen molar-refractivity contribution in [2.45, 2.75) is 26.2 Å². The second kappa shape index (κ2) is 8.74. The largest absolute Gasteiger partial charge is 0.306 e. The number of hydrogen-bond donors (Lipinski definition) is 0. The van der Waals surface area contributed by atoms with Crippen LogP contribution in [0.5, 0.6) is 0 Å². The Morgan fingerprint density at radius 3 is 2.00 bits per heavy atom. The van der Waals surface area contributed by atoms with Crippen molar-refractivity contribution in [1.82, 2.24) is 14.4 Å². The van der Waals surface area contributed by atoms with E-state index < -0.39 is 0 Å². The molecule has 196 valence electrons. The molecule has 0 bridgehead atoms.